The van der Waals surface area contributed by atoms with E-state index in [9.17, 15) is 14.4 Å². The maximum atomic E-state index is 13.5. The molecule has 0 aromatic heterocycles. The zero-order chi connectivity index (χ0) is 19.8. The summed E-state index contributed by atoms with van der Waals surface area (Å²) in [7, 11) is 0. The van der Waals surface area contributed by atoms with Crippen LogP contribution in [0.25, 0.3) is 0 Å². The predicted molar refractivity (Wildman–Crippen MR) is 105 cm³/mol. The van der Waals surface area contributed by atoms with Gasteiger partial charge in [-0.2, -0.15) is 0 Å². The molecule has 2 bridgehead atoms. The number of likely N-dealkylation sites (tertiary alicyclic amines) is 1. The molecule has 5 aliphatic heterocycles. The number of fused-ring (bicyclic) bond motifs is 2. The minimum absolute atomic E-state index is 0.173. The molecule has 5 saturated heterocycles. The number of nitrogens with one attached hydrogen (secondary N) is 2. The predicted octanol–water partition coefficient (Wildman–Crippen LogP) is 1.06. The van der Waals surface area contributed by atoms with Gasteiger partial charge in [-0.05, 0) is 50.3 Å². The fourth-order valence-corrected chi connectivity index (χ4v) is 6.67. The zero-order valence-corrected chi connectivity index (χ0v) is 16.3. The Morgan fingerprint density at radius 3 is 2.41 bits per heavy atom. The first kappa shape index (κ1) is 17.4. The van der Waals surface area contributed by atoms with Crippen LogP contribution in [-0.4, -0.2) is 64.9 Å². The summed E-state index contributed by atoms with van der Waals surface area (Å²) in [5.41, 5.74) is 0.461. The Labute approximate surface area is 169 Å². The van der Waals surface area contributed by atoms with Crippen LogP contribution < -0.4 is 10.6 Å². The molecule has 3 atom stereocenters. The Morgan fingerprint density at radius 1 is 1.03 bits per heavy atom. The van der Waals surface area contributed by atoms with Crippen LogP contribution in [0, 0.1) is 11.8 Å². The van der Waals surface area contributed by atoms with E-state index in [0.29, 0.717) is 30.7 Å². The summed E-state index contributed by atoms with van der Waals surface area (Å²) in [5, 5.41) is 5.05. The third-order valence-electron chi connectivity index (χ3n) is 8.06. The molecule has 7 nitrogen and oxygen atoms in total. The maximum Gasteiger partial charge on any atom is 0.322 e. The molecule has 0 radical (unpaired) electrons. The third-order valence-corrected chi connectivity index (χ3v) is 8.06. The zero-order valence-electron chi connectivity index (χ0n) is 16.3. The lowest BCUT2D eigenvalue weighted by molar-refractivity contribution is -0.148. The minimum atomic E-state index is -0.857. The molecule has 7 heteroatoms. The highest BCUT2D eigenvalue weighted by Gasteiger charge is 2.61. The summed E-state index contributed by atoms with van der Waals surface area (Å²) in [6.07, 6.45) is 3.17. The fraction of sp³-hybridized carbons (Fsp3) is 0.591. The molecule has 6 fully saturated rings. The number of amides is 4. The number of hydrogen-bond donors (Lipinski definition) is 2. The van der Waals surface area contributed by atoms with Gasteiger partial charge in [0, 0.05) is 24.4 Å². The maximum absolute atomic E-state index is 13.5. The first-order chi connectivity index (χ1) is 14.1. The highest BCUT2D eigenvalue weighted by atomic mass is 16.2. The lowest BCUT2D eigenvalue weighted by Crippen LogP contribution is -2.64. The van der Waals surface area contributed by atoms with Crippen molar-refractivity contribution in [3.8, 4) is 0 Å². The number of piperidine rings is 3. The molecule has 29 heavy (non-hydrogen) atoms. The van der Waals surface area contributed by atoms with Gasteiger partial charge >= 0.3 is 6.03 Å². The van der Waals surface area contributed by atoms with E-state index in [1.165, 1.54) is 18.4 Å². The number of urea groups is 1. The molecular weight excluding hydrogens is 368 g/mol. The van der Waals surface area contributed by atoms with Crippen LogP contribution >= 0.6 is 0 Å². The molecular formula is C22H26N4O3. The van der Waals surface area contributed by atoms with Crippen LogP contribution in [0.15, 0.2) is 30.3 Å². The standard InChI is InChI=1S/C22H26N4O3/c27-19(15-10-22(11-15)20(28)23-21(29)24-22)26-12-16(13-4-2-1-3-5-13)18-17(26)14-6-8-25(18)9-7-14/h1-5,14-18H,6-12H2,(H2,23,24,28,29). The van der Waals surface area contributed by atoms with Crippen molar-refractivity contribution in [2.24, 2.45) is 11.8 Å². The van der Waals surface area contributed by atoms with E-state index >= 15 is 0 Å². The number of rotatable bonds is 2. The largest absolute Gasteiger partial charge is 0.337 e. The molecule has 6 aliphatic rings. The monoisotopic (exact) mass is 394 g/mol. The number of nitrogens with zero attached hydrogens (tertiary/aromatic N) is 2. The minimum Gasteiger partial charge on any atom is -0.337 e. The smallest absolute Gasteiger partial charge is 0.322 e. The van der Waals surface area contributed by atoms with Gasteiger partial charge in [0.2, 0.25) is 5.91 Å². The third kappa shape index (κ3) is 2.43. The van der Waals surface area contributed by atoms with Crippen molar-refractivity contribution in [2.45, 2.75) is 49.2 Å². The highest BCUT2D eigenvalue weighted by Crippen LogP contribution is 2.49. The number of carbonyl (C=O) groups is 3. The van der Waals surface area contributed by atoms with Crippen molar-refractivity contribution in [1.82, 2.24) is 20.4 Å². The summed E-state index contributed by atoms with van der Waals surface area (Å²) in [6, 6.07) is 10.8. The molecule has 1 aromatic rings. The second kappa shape index (κ2) is 6.05. The van der Waals surface area contributed by atoms with Crippen LogP contribution in [-0.2, 0) is 9.59 Å². The normalized spacial score (nSPS) is 42.4. The van der Waals surface area contributed by atoms with Gasteiger partial charge in [0.1, 0.15) is 5.54 Å². The molecule has 5 heterocycles. The molecule has 1 spiro atoms. The van der Waals surface area contributed by atoms with Gasteiger partial charge in [-0.15, -0.1) is 0 Å². The highest BCUT2D eigenvalue weighted by molar-refractivity contribution is 6.08. The number of carbonyl (C=O) groups excluding carboxylic acids is 3. The van der Waals surface area contributed by atoms with Gasteiger partial charge in [0.15, 0.2) is 0 Å². The van der Waals surface area contributed by atoms with Crippen molar-refractivity contribution in [3.05, 3.63) is 35.9 Å². The first-order valence-corrected chi connectivity index (χ1v) is 10.8. The average molecular weight is 394 g/mol. The molecule has 2 N–H and O–H groups in total. The Morgan fingerprint density at radius 2 is 1.76 bits per heavy atom. The molecule has 7 rings (SSSR count). The quantitative estimate of drug-likeness (QED) is 0.735. The molecule has 3 unspecified atom stereocenters. The van der Waals surface area contributed by atoms with Gasteiger partial charge in [-0.25, -0.2) is 4.79 Å². The van der Waals surface area contributed by atoms with Gasteiger partial charge in [-0.3, -0.25) is 19.8 Å². The Balaban J connectivity index is 1.26. The van der Waals surface area contributed by atoms with Crippen LogP contribution in [0.3, 0.4) is 0 Å². The molecule has 1 saturated carbocycles. The van der Waals surface area contributed by atoms with Gasteiger partial charge < -0.3 is 10.2 Å². The molecule has 1 aromatic carbocycles. The van der Waals surface area contributed by atoms with Crippen LogP contribution in [0.1, 0.15) is 37.2 Å². The lowest BCUT2D eigenvalue weighted by Gasteiger charge is -2.52. The van der Waals surface area contributed by atoms with Crippen molar-refractivity contribution in [2.75, 3.05) is 19.6 Å². The lowest BCUT2D eigenvalue weighted by atomic mass is 9.67. The second-order valence-corrected chi connectivity index (χ2v) is 9.46. The summed E-state index contributed by atoms with van der Waals surface area (Å²) in [6.45, 7) is 3.03. The van der Waals surface area contributed by atoms with Crippen molar-refractivity contribution < 1.29 is 14.4 Å². The fourth-order valence-electron chi connectivity index (χ4n) is 6.67. The van der Waals surface area contributed by atoms with Crippen LogP contribution in [0.2, 0.25) is 0 Å². The number of hydrogen-bond acceptors (Lipinski definition) is 4. The first-order valence-electron chi connectivity index (χ1n) is 10.8. The summed E-state index contributed by atoms with van der Waals surface area (Å²) in [5.74, 6) is 0.635. The van der Waals surface area contributed by atoms with Crippen molar-refractivity contribution in [1.29, 1.82) is 0 Å². The second-order valence-electron chi connectivity index (χ2n) is 9.46. The molecule has 152 valence electrons. The summed E-state index contributed by atoms with van der Waals surface area (Å²) >= 11 is 0. The number of imide groups is 1. The summed E-state index contributed by atoms with van der Waals surface area (Å²) in [4.78, 5) is 41.9. The Hall–Kier alpha value is -2.41. The number of benzene rings is 1. The molecule has 4 amide bonds. The van der Waals surface area contributed by atoms with E-state index in [-0.39, 0.29) is 23.8 Å². The topological polar surface area (TPSA) is 81.8 Å². The average Bonchev–Trinajstić information content (AvgIpc) is 3.27. The molecule has 1 aliphatic carbocycles. The Bertz CT molecular complexity index is 873. The Kier molecular flexibility index (Phi) is 3.64. The van der Waals surface area contributed by atoms with E-state index in [4.69, 9.17) is 0 Å². The van der Waals surface area contributed by atoms with Gasteiger partial charge in [0.25, 0.3) is 5.91 Å². The SMILES string of the molecule is O=C1NC(=O)C2(CC(C(=O)N3CC(c4ccccc4)C4C3C3CCN4CC3)C2)N1. The van der Waals surface area contributed by atoms with Gasteiger partial charge in [-0.1, -0.05) is 30.3 Å². The van der Waals surface area contributed by atoms with E-state index in [0.717, 1.165) is 19.6 Å². The van der Waals surface area contributed by atoms with Crippen LogP contribution in [0.4, 0.5) is 4.79 Å². The van der Waals surface area contributed by atoms with E-state index < -0.39 is 11.6 Å². The van der Waals surface area contributed by atoms with E-state index in [2.05, 4.69) is 44.7 Å². The van der Waals surface area contributed by atoms with E-state index in [1.54, 1.807) is 0 Å². The summed E-state index contributed by atoms with van der Waals surface area (Å²) < 4.78 is 0. The van der Waals surface area contributed by atoms with Crippen molar-refractivity contribution >= 4 is 17.8 Å². The van der Waals surface area contributed by atoms with Crippen molar-refractivity contribution in [3.63, 3.8) is 0 Å². The van der Waals surface area contributed by atoms with Crippen LogP contribution in [0.5, 0.6) is 0 Å². The van der Waals surface area contributed by atoms with Gasteiger partial charge in [0.05, 0.1) is 6.04 Å². The van der Waals surface area contributed by atoms with E-state index in [1.807, 2.05) is 6.07 Å².